The van der Waals surface area contributed by atoms with Crippen molar-refractivity contribution < 1.29 is 9.47 Å². The van der Waals surface area contributed by atoms with Crippen LogP contribution in [0.5, 0.6) is 11.5 Å². The Morgan fingerprint density at radius 2 is 1.83 bits per heavy atom. The van der Waals surface area contributed by atoms with E-state index in [2.05, 4.69) is 31.9 Å². The van der Waals surface area contributed by atoms with Crippen LogP contribution in [0.4, 0.5) is 5.69 Å². The number of hydrogen-bond donors (Lipinski definition) is 1. The van der Waals surface area contributed by atoms with Gasteiger partial charge in [-0.05, 0) is 60.7 Å². The van der Waals surface area contributed by atoms with E-state index in [1.807, 2.05) is 66.9 Å². The van der Waals surface area contributed by atoms with E-state index >= 15 is 0 Å². The van der Waals surface area contributed by atoms with Gasteiger partial charge < -0.3 is 19.7 Å². The molecule has 9 heteroatoms. The minimum absolute atomic E-state index is 0.187. The van der Waals surface area contributed by atoms with E-state index in [0.717, 1.165) is 32.4 Å². The first-order valence-corrected chi connectivity index (χ1v) is 12.7. The van der Waals surface area contributed by atoms with Gasteiger partial charge in [0.25, 0.3) is 0 Å². The minimum Gasteiger partial charge on any atom is -0.497 e. The van der Waals surface area contributed by atoms with Gasteiger partial charge in [-0.15, -0.1) is 0 Å². The highest BCUT2D eigenvalue weighted by Gasteiger charge is 2.43. The third kappa shape index (κ3) is 3.77. The Morgan fingerprint density at radius 1 is 0.972 bits per heavy atom. The zero-order valence-electron chi connectivity index (χ0n) is 19.7. The number of aromatic nitrogens is 3. The smallest absolute Gasteiger partial charge is 0.194 e. The molecule has 2 atom stereocenters. The number of pyridine rings is 1. The number of methoxy groups -OCH3 is 2. The lowest BCUT2D eigenvalue weighted by Crippen LogP contribution is -2.30. The van der Waals surface area contributed by atoms with E-state index < -0.39 is 0 Å². The molecule has 3 aromatic heterocycles. The van der Waals surface area contributed by atoms with Crippen LogP contribution >= 0.6 is 23.6 Å². The third-order valence-corrected chi connectivity index (χ3v) is 7.67. The van der Waals surface area contributed by atoms with E-state index in [0.29, 0.717) is 16.6 Å². The molecule has 1 saturated heterocycles. The standard InChI is InChI=1S/C27H23N5O2S2/c1-33-17-12-13-20(22(16-17)34-2)32-25(24(30-26(32)35)19-9-5-6-14-28-19)21-10-7-15-31(21)27-29-18-8-3-4-11-23(18)36-27/h3-16,24-25H,1-2H3,(H,30,35)/t24-,25-/m0/s1. The van der Waals surface area contributed by atoms with Gasteiger partial charge in [0.15, 0.2) is 10.2 Å². The van der Waals surface area contributed by atoms with Crippen molar-refractivity contribution in [2.24, 2.45) is 0 Å². The van der Waals surface area contributed by atoms with Crippen LogP contribution in [-0.4, -0.2) is 33.9 Å². The maximum atomic E-state index is 5.91. The molecule has 1 N–H and O–H groups in total. The van der Waals surface area contributed by atoms with Gasteiger partial charge in [0, 0.05) is 18.5 Å². The quantitative estimate of drug-likeness (QED) is 0.293. The first-order valence-electron chi connectivity index (χ1n) is 11.4. The molecule has 0 spiro atoms. The van der Waals surface area contributed by atoms with Gasteiger partial charge in [-0.2, -0.15) is 0 Å². The van der Waals surface area contributed by atoms with Crippen LogP contribution in [0.25, 0.3) is 15.3 Å². The molecule has 0 aliphatic carbocycles. The number of benzene rings is 2. The van der Waals surface area contributed by atoms with Crippen molar-refractivity contribution in [1.29, 1.82) is 0 Å². The number of thiazole rings is 1. The Labute approximate surface area is 217 Å². The summed E-state index contributed by atoms with van der Waals surface area (Å²) >= 11 is 7.57. The van der Waals surface area contributed by atoms with Crippen molar-refractivity contribution in [1.82, 2.24) is 19.9 Å². The fraction of sp³-hybridized carbons (Fsp3) is 0.148. The molecule has 0 unspecified atom stereocenters. The SMILES string of the molecule is COc1ccc(N2C(=S)N[C@@H](c3ccccn3)[C@@H]2c2cccn2-c2nc3ccccc3s2)c(OC)c1. The van der Waals surface area contributed by atoms with Crippen molar-refractivity contribution in [3.8, 4) is 16.6 Å². The molecule has 0 amide bonds. The molecule has 0 saturated carbocycles. The van der Waals surface area contributed by atoms with Gasteiger partial charge in [-0.25, -0.2) is 4.98 Å². The molecule has 5 aromatic rings. The second-order valence-corrected chi connectivity index (χ2v) is 9.70. The number of rotatable bonds is 6. The Kier molecular flexibility index (Phi) is 5.79. The average Bonchev–Trinajstić information content (AvgIpc) is 3.65. The largest absolute Gasteiger partial charge is 0.497 e. The van der Waals surface area contributed by atoms with Crippen LogP contribution in [-0.2, 0) is 0 Å². The number of hydrogen-bond acceptors (Lipinski definition) is 6. The summed E-state index contributed by atoms with van der Waals surface area (Å²) < 4.78 is 14.5. The van der Waals surface area contributed by atoms with Crippen LogP contribution in [0, 0.1) is 0 Å². The van der Waals surface area contributed by atoms with E-state index in [1.165, 1.54) is 0 Å². The number of ether oxygens (including phenoxy) is 2. The topological polar surface area (TPSA) is 64.4 Å². The Hall–Kier alpha value is -3.95. The summed E-state index contributed by atoms with van der Waals surface area (Å²) in [4.78, 5) is 11.7. The van der Waals surface area contributed by atoms with E-state index in [-0.39, 0.29) is 12.1 Å². The molecule has 4 heterocycles. The summed E-state index contributed by atoms with van der Waals surface area (Å²) in [5.41, 5.74) is 3.76. The Bertz CT molecular complexity index is 1520. The van der Waals surface area contributed by atoms with Gasteiger partial charge in [0.1, 0.15) is 17.5 Å². The molecule has 7 nitrogen and oxygen atoms in total. The van der Waals surface area contributed by atoms with E-state index in [1.54, 1.807) is 31.8 Å². The fourth-order valence-electron chi connectivity index (χ4n) is 4.67. The zero-order chi connectivity index (χ0) is 24.6. The van der Waals surface area contributed by atoms with Crippen molar-refractivity contribution >= 4 is 44.6 Å². The van der Waals surface area contributed by atoms with Crippen molar-refractivity contribution in [2.75, 3.05) is 19.1 Å². The van der Waals surface area contributed by atoms with Gasteiger partial charge in [0.05, 0.1) is 47.6 Å². The number of anilines is 1. The van der Waals surface area contributed by atoms with Crippen LogP contribution in [0.2, 0.25) is 0 Å². The zero-order valence-corrected chi connectivity index (χ0v) is 21.3. The van der Waals surface area contributed by atoms with Crippen LogP contribution < -0.4 is 19.7 Å². The van der Waals surface area contributed by atoms with Gasteiger partial charge in [0.2, 0.25) is 0 Å². The monoisotopic (exact) mass is 513 g/mol. The summed E-state index contributed by atoms with van der Waals surface area (Å²) in [6.07, 6.45) is 3.85. The summed E-state index contributed by atoms with van der Waals surface area (Å²) in [5.74, 6) is 1.38. The number of fused-ring (bicyclic) bond motifs is 1. The lowest BCUT2D eigenvalue weighted by atomic mass is 10.0. The van der Waals surface area contributed by atoms with Crippen molar-refractivity contribution in [3.63, 3.8) is 0 Å². The Balaban J connectivity index is 1.53. The van der Waals surface area contributed by atoms with E-state index in [4.69, 9.17) is 26.7 Å². The normalized spacial score (nSPS) is 17.4. The Morgan fingerprint density at radius 3 is 2.61 bits per heavy atom. The highest BCUT2D eigenvalue weighted by Crippen LogP contribution is 2.46. The number of nitrogens with one attached hydrogen (secondary N) is 1. The molecular formula is C27H23N5O2S2. The van der Waals surface area contributed by atoms with Gasteiger partial charge >= 0.3 is 0 Å². The molecule has 0 bridgehead atoms. The predicted octanol–water partition coefficient (Wildman–Crippen LogP) is 5.68. The first-order chi connectivity index (χ1) is 17.7. The average molecular weight is 514 g/mol. The molecule has 2 aromatic carbocycles. The molecule has 180 valence electrons. The molecule has 1 aliphatic rings. The van der Waals surface area contributed by atoms with E-state index in [9.17, 15) is 0 Å². The number of para-hydroxylation sites is 1. The highest BCUT2D eigenvalue weighted by atomic mass is 32.1. The number of thiocarbonyl (C=S) groups is 1. The fourth-order valence-corrected chi connectivity index (χ4v) is 5.98. The van der Waals surface area contributed by atoms with Crippen LogP contribution in [0.1, 0.15) is 23.5 Å². The summed E-state index contributed by atoms with van der Waals surface area (Å²) in [6.45, 7) is 0. The predicted molar refractivity (Wildman–Crippen MR) is 146 cm³/mol. The molecule has 1 fully saturated rings. The molecule has 0 radical (unpaired) electrons. The maximum absolute atomic E-state index is 5.91. The van der Waals surface area contributed by atoms with Crippen molar-refractivity contribution in [2.45, 2.75) is 12.1 Å². The molecular weight excluding hydrogens is 490 g/mol. The third-order valence-electron chi connectivity index (χ3n) is 6.32. The summed E-state index contributed by atoms with van der Waals surface area (Å²) in [6, 6.07) is 23.6. The number of nitrogens with zero attached hydrogens (tertiary/aromatic N) is 4. The second kappa shape index (κ2) is 9.25. The summed E-state index contributed by atoms with van der Waals surface area (Å²) in [7, 11) is 3.29. The van der Waals surface area contributed by atoms with Crippen LogP contribution in [0.15, 0.2) is 85.2 Å². The van der Waals surface area contributed by atoms with Gasteiger partial charge in [-0.3, -0.25) is 9.55 Å². The lowest BCUT2D eigenvalue weighted by Gasteiger charge is -2.29. The highest BCUT2D eigenvalue weighted by molar-refractivity contribution is 7.80. The minimum atomic E-state index is -0.211. The van der Waals surface area contributed by atoms with Gasteiger partial charge in [-0.1, -0.05) is 29.5 Å². The molecule has 36 heavy (non-hydrogen) atoms. The molecule has 6 rings (SSSR count). The maximum Gasteiger partial charge on any atom is 0.194 e. The molecule has 1 aliphatic heterocycles. The summed E-state index contributed by atoms with van der Waals surface area (Å²) in [5, 5.41) is 5.01. The second-order valence-electron chi connectivity index (χ2n) is 8.30. The van der Waals surface area contributed by atoms with Crippen molar-refractivity contribution in [3.05, 3.63) is 96.6 Å². The lowest BCUT2D eigenvalue weighted by molar-refractivity contribution is 0.394. The van der Waals surface area contributed by atoms with Crippen LogP contribution in [0.3, 0.4) is 0 Å². The first kappa shape index (κ1) is 22.5.